The molecule has 2 aromatic rings. The summed E-state index contributed by atoms with van der Waals surface area (Å²) in [6.07, 6.45) is 3.69. The molecule has 0 saturated carbocycles. The first-order valence-electron chi connectivity index (χ1n) is 7.61. The lowest BCUT2D eigenvalue weighted by Crippen LogP contribution is -2.19. The Balaban J connectivity index is 1.85. The molecule has 0 bridgehead atoms. The van der Waals surface area contributed by atoms with Crippen LogP contribution in [0.25, 0.3) is 0 Å². The van der Waals surface area contributed by atoms with Crippen molar-refractivity contribution in [2.75, 3.05) is 6.54 Å². The monoisotopic (exact) mass is 287 g/mol. The van der Waals surface area contributed by atoms with E-state index in [2.05, 4.69) is 55.5 Å². The number of rotatable bonds is 8. The van der Waals surface area contributed by atoms with Crippen LogP contribution in [0, 0.1) is 5.92 Å². The van der Waals surface area contributed by atoms with Gasteiger partial charge in [-0.05, 0) is 30.5 Å². The topological polar surface area (TPSA) is 39.1 Å². The molecule has 4 heteroatoms. The van der Waals surface area contributed by atoms with E-state index in [1.807, 2.05) is 10.9 Å². The first kappa shape index (κ1) is 15.6. The summed E-state index contributed by atoms with van der Waals surface area (Å²) in [6.45, 7) is 9.87. The van der Waals surface area contributed by atoms with Crippen molar-refractivity contribution in [2.45, 2.75) is 40.5 Å². The number of ether oxygens (including phenoxy) is 1. The van der Waals surface area contributed by atoms with E-state index in [0.717, 1.165) is 25.4 Å². The minimum Gasteiger partial charge on any atom is -0.486 e. The molecule has 0 radical (unpaired) electrons. The average Bonchev–Trinajstić information content (AvgIpc) is 2.93. The normalized spacial score (nSPS) is 11.0. The summed E-state index contributed by atoms with van der Waals surface area (Å²) in [6, 6.07) is 8.51. The van der Waals surface area contributed by atoms with Gasteiger partial charge in [0.05, 0.1) is 12.4 Å². The van der Waals surface area contributed by atoms with Gasteiger partial charge < -0.3 is 10.1 Å². The van der Waals surface area contributed by atoms with Crippen LogP contribution in [0.5, 0.6) is 5.75 Å². The third-order valence-corrected chi connectivity index (χ3v) is 3.21. The van der Waals surface area contributed by atoms with E-state index in [9.17, 15) is 0 Å². The summed E-state index contributed by atoms with van der Waals surface area (Å²) < 4.78 is 7.63. The van der Waals surface area contributed by atoms with Gasteiger partial charge in [-0.1, -0.05) is 38.1 Å². The first-order valence-corrected chi connectivity index (χ1v) is 7.61. The third kappa shape index (κ3) is 5.23. The second-order valence-electron chi connectivity index (χ2n) is 5.67. The molecule has 0 aliphatic carbocycles. The number of nitrogens with one attached hydrogen (secondary N) is 1. The van der Waals surface area contributed by atoms with Gasteiger partial charge >= 0.3 is 0 Å². The molecule has 1 aromatic heterocycles. The zero-order valence-electron chi connectivity index (χ0n) is 13.2. The van der Waals surface area contributed by atoms with E-state index < -0.39 is 0 Å². The van der Waals surface area contributed by atoms with Crippen molar-refractivity contribution in [3.8, 4) is 5.75 Å². The highest BCUT2D eigenvalue weighted by atomic mass is 16.5. The van der Waals surface area contributed by atoms with Crippen LogP contribution in [-0.4, -0.2) is 16.3 Å². The van der Waals surface area contributed by atoms with E-state index in [1.165, 1.54) is 11.1 Å². The van der Waals surface area contributed by atoms with Crippen molar-refractivity contribution < 1.29 is 4.74 Å². The van der Waals surface area contributed by atoms with Crippen LogP contribution in [0.15, 0.2) is 36.7 Å². The van der Waals surface area contributed by atoms with Crippen molar-refractivity contribution in [2.24, 2.45) is 5.92 Å². The molecule has 0 aliphatic heterocycles. The van der Waals surface area contributed by atoms with Crippen LogP contribution in [0.3, 0.4) is 0 Å². The fourth-order valence-electron chi connectivity index (χ4n) is 2.09. The highest BCUT2D eigenvalue weighted by Crippen LogP contribution is 2.12. The number of hydrogen-bond acceptors (Lipinski definition) is 3. The molecule has 21 heavy (non-hydrogen) atoms. The summed E-state index contributed by atoms with van der Waals surface area (Å²) >= 11 is 0. The number of nitrogens with zero attached hydrogens (tertiary/aromatic N) is 2. The van der Waals surface area contributed by atoms with Gasteiger partial charge in [-0.25, -0.2) is 0 Å². The maximum Gasteiger partial charge on any atom is 0.157 e. The molecule has 1 N–H and O–H groups in total. The van der Waals surface area contributed by atoms with E-state index in [4.69, 9.17) is 4.74 Å². The second kappa shape index (κ2) is 7.84. The number of hydrogen-bond donors (Lipinski definition) is 1. The largest absolute Gasteiger partial charge is 0.486 e. The SMILES string of the molecule is CCn1cc(OCc2cccc(CNCC(C)C)c2)cn1. The zero-order valence-corrected chi connectivity index (χ0v) is 13.2. The summed E-state index contributed by atoms with van der Waals surface area (Å²) in [4.78, 5) is 0. The predicted molar refractivity (Wildman–Crippen MR) is 85.2 cm³/mol. The van der Waals surface area contributed by atoms with Gasteiger partial charge in [0.1, 0.15) is 6.61 Å². The lowest BCUT2D eigenvalue weighted by atomic mass is 10.1. The average molecular weight is 287 g/mol. The zero-order chi connectivity index (χ0) is 15.1. The quantitative estimate of drug-likeness (QED) is 0.810. The molecule has 0 spiro atoms. The molecule has 1 heterocycles. The fourth-order valence-corrected chi connectivity index (χ4v) is 2.09. The Kier molecular flexibility index (Phi) is 5.81. The molecule has 0 unspecified atom stereocenters. The van der Waals surface area contributed by atoms with Crippen LogP contribution in [0.2, 0.25) is 0 Å². The molecule has 2 rings (SSSR count). The Morgan fingerprint density at radius 1 is 1.29 bits per heavy atom. The highest BCUT2D eigenvalue weighted by molar-refractivity contribution is 5.23. The molecule has 1 aromatic carbocycles. The van der Waals surface area contributed by atoms with E-state index in [-0.39, 0.29) is 0 Å². The van der Waals surface area contributed by atoms with Crippen molar-refractivity contribution >= 4 is 0 Å². The smallest absolute Gasteiger partial charge is 0.157 e. The van der Waals surface area contributed by atoms with Crippen LogP contribution < -0.4 is 10.1 Å². The molecule has 4 nitrogen and oxygen atoms in total. The molecule has 0 fully saturated rings. The van der Waals surface area contributed by atoms with Crippen molar-refractivity contribution in [1.29, 1.82) is 0 Å². The molecule has 0 aliphatic rings. The summed E-state index contributed by atoms with van der Waals surface area (Å²) in [7, 11) is 0. The van der Waals surface area contributed by atoms with Gasteiger partial charge in [0.25, 0.3) is 0 Å². The number of aromatic nitrogens is 2. The van der Waals surface area contributed by atoms with Gasteiger partial charge in [-0.3, -0.25) is 4.68 Å². The summed E-state index contributed by atoms with van der Waals surface area (Å²) in [5.74, 6) is 1.49. The molecule has 0 atom stereocenters. The third-order valence-electron chi connectivity index (χ3n) is 3.21. The second-order valence-corrected chi connectivity index (χ2v) is 5.67. The van der Waals surface area contributed by atoms with E-state index in [0.29, 0.717) is 12.5 Å². The predicted octanol–water partition coefficient (Wildman–Crippen LogP) is 3.23. The Labute approximate surface area is 127 Å². The molecule has 0 saturated heterocycles. The minimum atomic E-state index is 0.577. The Hall–Kier alpha value is -1.81. The van der Waals surface area contributed by atoms with Crippen molar-refractivity contribution in [3.63, 3.8) is 0 Å². The highest BCUT2D eigenvalue weighted by Gasteiger charge is 2.01. The summed E-state index contributed by atoms with van der Waals surface area (Å²) in [5, 5.41) is 7.66. The van der Waals surface area contributed by atoms with Gasteiger partial charge in [0.2, 0.25) is 0 Å². The van der Waals surface area contributed by atoms with Crippen LogP contribution in [-0.2, 0) is 19.7 Å². The summed E-state index contributed by atoms with van der Waals surface area (Å²) in [5.41, 5.74) is 2.48. The van der Waals surface area contributed by atoms with Gasteiger partial charge in [-0.2, -0.15) is 5.10 Å². The number of aryl methyl sites for hydroxylation is 1. The van der Waals surface area contributed by atoms with Crippen LogP contribution in [0.1, 0.15) is 31.9 Å². The standard InChI is InChI=1S/C17H25N3O/c1-4-20-12-17(11-19-20)21-13-16-7-5-6-15(8-16)10-18-9-14(2)3/h5-8,11-12,14,18H,4,9-10,13H2,1-3H3. The van der Waals surface area contributed by atoms with E-state index in [1.54, 1.807) is 6.20 Å². The lowest BCUT2D eigenvalue weighted by molar-refractivity contribution is 0.305. The van der Waals surface area contributed by atoms with E-state index >= 15 is 0 Å². The minimum absolute atomic E-state index is 0.577. The van der Waals surface area contributed by atoms with Crippen LogP contribution >= 0.6 is 0 Å². The fraction of sp³-hybridized carbons (Fsp3) is 0.471. The van der Waals surface area contributed by atoms with Crippen molar-refractivity contribution in [3.05, 3.63) is 47.8 Å². The first-order chi connectivity index (χ1) is 10.2. The Morgan fingerprint density at radius 3 is 2.81 bits per heavy atom. The maximum atomic E-state index is 5.77. The van der Waals surface area contributed by atoms with Crippen LogP contribution in [0.4, 0.5) is 0 Å². The molecular formula is C17H25N3O. The molecular weight excluding hydrogens is 262 g/mol. The molecule has 114 valence electrons. The van der Waals surface area contributed by atoms with Gasteiger partial charge in [0, 0.05) is 13.1 Å². The van der Waals surface area contributed by atoms with Crippen molar-refractivity contribution in [1.82, 2.24) is 15.1 Å². The van der Waals surface area contributed by atoms with Gasteiger partial charge in [-0.15, -0.1) is 0 Å². The van der Waals surface area contributed by atoms with Gasteiger partial charge in [0.15, 0.2) is 5.75 Å². The molecule has 0 amide bonds. The maximum absolute atomic E-state index is 5.77. The lowest BCUT2D eigenvalue weighted by Gasteiger charge is -2.09. The Bertz CT molecular complexity index is 548. The Morgan fingerprint density at radius 2 is 2.10 bits per heavy atom. The number of benzene rings is 1.